The van der Waals surface area contributed by atoms with Crippen molar-refractivity contribution in [1.29, 1.82) is 0 Å². The Balaban J connectivity index is 1.99. The largest absolute Gasteiger partial charge is 0.341 e. The fourth-order valence-electron chi connectivity index (χ4n) is 3.62. The summed E-state index contributed by atoms with van der Waals surface area (Å²) in [7, 11) is 0. The van der Waals surface area contributed by atoms with Gasteiger partial charge in [0.25, 0.3) is 0 Å². The number of halogens is 2. The molecule has 4 nitrogen and oxygen atoms in total. The summed E-state index contributed by atoms with van der Waals surface area (Å²) in [5.74, 6) is 1.09. The third-order valence-corrected chi connectivity index (χ3v) is 7.03. The van der Waals surface area contributed by atoms with Gasteiger partial charge in [-0.15, -0.1) is 0 Å². The molecule has 112 valence electrons. The summed E-state index contributed by atoms with van der Waals surface area (Å²) in [6.45, 7) is 5.17. The number of aromatic nitrogens is 2. The standard InChI is InChI=1S/C15H18Br2N4/c1-8-10-3-2-5-21-14(10)13(12(17)11(8)16)19-15(21)20-6-4-9(18)7-20/h9H,2-7,18H2,1H3/t9-/m0/s1. The van der Waals surface area contributed by atoms with Crippen molar-refractivity contribution < 1.29 is 0 Å². The topological polar surface area (TPSA) is 47.1 Å². The molecular formula is C15H18Br2N4. The molecule has 2 aliphatic heterocycles. The molecule has 1 aromatic carbocycles. The highest BCUT2D eigenvalue weighted by Gasteiger charge is 2.29. The molecule has 0 unspecified atom stereocenters. The monoisotopic (exact) mass is 412 g/mol. The summed E-state index contributed by atoms with van der Waals surface area (Å²) in [4.78, 5) is 7.30. The molecule has 0 radical (unpaired) electrons. The minimum absolute atomic E-state index is 0.276. The molecule has 0 saturated carbocycles. The molecule has 0 amide bonds. The number of rotatable bonds is 1. The minimum atomic E-state index is 0.276. The molecule has 0 spiro atoms. The van der Waals surface area contributed by atoms with Crippen LogP contribution in [0.1, 0.15) is 24.0 Å². The van der Waals surface area contributed by atoms with Crippen LogP contribution in [0.15, 0.2) is 8.95 Å². The van der Waals surface area contributed by atoms with Crippen LogP contribution in [0.2, 0.25) is 0 Å². The Bertz CT molecular complexity index is 737. The number of nitrogens with two attached hydrogens (primary N) is 1. The summed E-state index contributed by atoms with van der Waals surface area (Å²) in [6.07, 6.45) is 3.37. The number of hydrogen-bond donors (Lipinski definition) is 1. The van der Waals surface area contributed by atoms with Crippen LogP contribution in [0, 0.1) is 6.92 Å². The van der Waals surface area contributed by atoms with E-state index in [0.717, 1.165) is 52.9 Å². The van der Waals surface area contributed by atoms with Crippen molar-refractivity contribution in [2.75, 3.05) is 18.0 Å². The number of benzene rings is 1. The third kappa shape index (κ3) is 1.99. The van der Waals surface area contributed by atoms with Gasteiger partial charge in [0.05, 0.1) is 9.99 Å². The second-order valence-corrected chi connectivity index (χ2v) is 7.68. The van der Waals surface area contributed by atoms with Gasteiger partial charge in [-0.25, -0.2) is 4.98 Å². The van der Waals surface area contributed by atoms with E-state index >= 15 is 0 Å². The van der Waals surface area contributed by atoms with E-state index in [-0.39, 0.29) is 6.04 Å². The van der Waals surface area contributed by atoms with Crippen molar-refractivity contribution in [3.8, 4) is 0 Å². The maximum atomic E-state index is 6.07. The van der Waals surface area contributed by atoms with E-state index in [9.17, 15) is 0 Å². The molecule has 0 aliphatic carbocycles. The van der Waals surface area contributed by atoms with E-state index in [1.165, 1.54) is 23.1 Å². The number of nitrogens with zero attached hydrogens (tertiary/aromatic N) is 3. The minimum Gasteiger partial charge on any atom is -0.341 e. The van der Waals surface area contributed by atoms with E-state index in [4.69, 9.17) is 10.7 Å². The zero-order valence-corrected chi connectivity index (χ0v) is 15.2. The Morgan fingerprint density at radius 3 is 2.76 bits per heavy atom. The van der Waals surface area contributed by atoms with Crippen LogP contribution < -0.4 is 10.6 Å². The van der Waals surface area contributed by atoms with Crippen LogP contribution in [-0.4, -0.2) is 28.7 Å². The van der Waals surface area contributed by atoms with Gasteiger partial charge in [0.15, 0.2) is 0 Å². The SMILES string of the molecule is Cc1c(Br)c(Br)c2nc(N3CC[C@H](N)C3)n3c2c1CCC3. The van der Waals surface area contributed by atoms with Crippen LogP contribution in [-0.2, 0) is 13.0 Å². The molecule has 0 bridgehead atoms. The Kier molecular flexibility index (Phi) is 3.32. The summed E-state index contributed by atoms with van der Waals surface area (Å²) < 4.78 is 4.61. The number of imidazole rings is 1. The predicted octanol–water partition coefficient (Wildman–Crippen LogP) is 3.35. The van der Waals surface area contributed by atoms with Gasteiger partial charge in [-0.05, 0) is 69.2 Å². The molecule has 1 atom stereocenters. The second-order valence-electron chi connectivity index (χ2n) is 6.09. The number of aryl methyl sites for hydroxylation is 2. The zero-order valence-electron chi connectivity index (χ0n) is 12.0. The number of anilines is 1. The Hall–Kier alpha value is -0.590. The average molecular weight is 414 g/mol. The first kappa shape index (κ1) is 14.0. The Morgan fingerprint density at radius 2 is 2.05 bits per heavy atom. The normalized spacial score (nSPS) is 21.5. The maximum Gasteiger partial charge on any atom is 0.206 e. The summed E-state index contributed by atoms with van der Waals surface area (Å²) in [6, 6.07) is 0.276. The van der Waals surface area contributed by atoms with Gasteiger partial charge in [0.1, 0.15) is 5.52 Å². The smallest absolute Gasteiger partial charge is 0.206 e. The van der Waals surface area contributed by atoms with Gasteiger partial charge in [-0.2, -0.15) is 0 Å². The Morgan fingerprint density at radius 1 is 1.24 bits per heavy atom. The van der Waals surface area contributed by atoms with Crippen molar-refractivity contribution in [3.05, 3.63) is 20.1 Å². The molecular weight excluding hydrogens is 396 g/mol. The van der Waals surface area contributed by atoms with Crippen LogP contribution in [0.5, 0.6) is 0 Å². The number of hydrogen-bond acceptors (Lipinski definition) is 3. The van der Waals surface area contributed by atoms with Crippen molar-refractivity contribution in [3.63, 3.8) is 0 Å². The van der Waals surface area contributed by atoms with E-state index in [1.54, 1.807) is 0 Å². The highest BCUT2D eigenvalue weighted by molar-refractivity contribution is 9.13. The molecule has 1 saturated heterocycles. The van der Waals surface area contributed by atoms with Gasteiger partial charge >= 0.3 is 0 Å². The summed E-state index contributed by atoms with van der Waals surface area (Å²) >= 11 is 7.43. The van der Waals surface area contributed by atoms with Crippen molar-refractivity contribution >= 4 is 48.8 Å². The lowest BCUT2D eigenvalue weighted by atomic mass is 9.99. The van der Waals surface area contributed by atoms with E-state index in [2.05, 4.69) is 48.3 Å². The summed E-state index contributed by atoms with van der Waals surface area (Å²) in [5, 5.41) is 0. The lowest BCUT2D eigenvalue weighted by molar-refractivity contribution is 0.621. The first-order chi connectivity index (χ1) is 10.1. The lowest BCUT2D eigenvalue weighted by Gasteiger charge is -2.23. The van der Waals surface area contributed by atoms with Gasteiger partial charge in [0.2, 0.25) is 5.95 Å². The van der Waals surface area contributed by atoms with Gasteiger partial charge in [-0.3, -0.25) is 0 Å². The van der Waals surface area contributed by atoms with Gasteiger partial charge < -0.3 is 15.2 Å². The first-order valence-corrected chi connectivity index (χ1v) is 9.03. The van der Waals surface area contributed by atoms with E-state index < -0.39 is 0 Å². The molecule has 1 fully saturated rings. The third-order valence-electron chi connectivity index (χ3n) is 4.73. The zero-order chi connectivity index (χ0) is 14.7. The van der Waals surface area contributed by atoms with Crippen LogP contribution >= 0.6 is 31.9 Å². The van der Waals surface area contributed by atoms with Crippen molar-refractivity contribution in [2.45, 2.75) is 38.8 Å². The Labute approximate surface area is 140 Å². The lowest BCUT2D eigenvalue weighted by Crippen LogP contribution is -2.28. The van der Waals surface area contributed by atoms with E-state index in [0.29, 0.717) is 0 Å². The molecule has 4 rings (SSSR count). The second kappa shape index (κ2) is 4.96. The van der Waals surface area contributed by atoms with E-state index in [1.807, 2.05) is 0 Å². The van der Waals surface area contributed by atoms with Gasteiger partial charge in [0, 0.05) is 30.1 Å². The summed E-state index contributed by atoms with van der Waals surface area (Å²) in [5.41, 5.74) is 11.2. The molecule has 3 heterocycles. The highest BCUT2D eigenvalue weighted by Crippen LogP contribution is 2.41. The van der Waals surface area contributed by atoms with Crippen molar-refractivity contribution in [2.24, 2.45) is 5.73 Å². The molecule has 2 N–H and O–H groups in total. The molecule has 2 aromatic rings. The fraction of sp³-hybridized carbons (Fsp3) is 0.533. The highest BCUT2D eigenvalue weighted by atomic mass is 79.9. The molecule has 21 heavy (non-hydrogen) atoms. The fourth-order valence-corrected chi connectivity index (χ4v) is 4.62. The quantitative estimate of drug-likeness (QED) is 0.779. The maximum absolute atomic E-state index is 6.07. The first-order valence-electron chi connectivity index (χ1n) is 7.45. The predicted molar refractivity (Wildman–Crippen MR) is 93.0 cm³/mol. The molecule has 2 aliphatic rings. The van der Waals surface area contributed by atoms with Gasteiger partial charge in [-0.1, -0.05) is 0 Å². The van der Waals surface area contributed by atoms with Crippen LogP contribution in [0.4, 0.5) is 5.95 Å². The van der Waals surface area contributed by atoms with Crippen LogP contribution in [0.25, 0.3) is 11.0 Å². The molecule has 1 aromatic heterocycles. The van der Waals surface area contributed by atoms with Crippen molar-refractivity contribution in [1.82, 2.24) is 9.55 Å². The molecule has 6 heteroatoms. The average Bonchev–Trinajstić information content (AvgIpc) is 3.07. The van der Waals surface area contributed by atoms with Crippen LogP contribution in [0.3, 0.4) is 0 Å².